The molecular weight excluding hydrogens is 246 g/mol. The Hall–Kier alpha value is -2.08. The van der Waals surface area contributed by atoms with E-state index in [-0.39, 0.29) is 0 Å². The SMILES string of the molecule is CNC(=S)NN=C(C)c1cnc2ccccc2n1. The van der Waals surface area contributed by atoms with Gasteiger partial charge in [0.25, 0.3) is 0 Å². The highest BCUT2D eigenvalue weighted by molar-refractivity contribution is 7.80. The number of nitrogens with zero attached hydrogens (tertiary/aromatic N) is 3. The van der Waals surface area contributed by atoms with Crippen molar-refractivity contribution < 1.29 is 0 Å². The van der Waals surface area contributed by atoms with Gasteiger partial charge in [-0.3, -0.25) is 10.4 Å². The van der Waals surface area contributed by atoms with E-state index in [1.807, 2.05) is 31.2 Å². The minimum atomic E-state index is 0.461. The lowest BCUT2D eigenvalue weighted by atomic mass is 10.2. The second kappa shape index (κ2) is 5.50. The zero-order valence-electron chi connectivity index (χ0n) is 10.1. The average Bonchev–Trinajstić information content (AvgIpc) is 2.43. The maximum atomic E-state index is 4.94. The lowest BCUT2D eigenvalue weighted by Crippen LogP contribution is -2.29. The van der Waals surface area contributed by atoms with Gasteiger partial charge in [-0.15, -0.1) is 0 Å². The Morgan fingerprint density at radius 3 is 2.72 bits per heavy atom. The summed E-state index contributed by atoms with van der Waals surface area (Å²) in [6, 6.07) is 7.71. The molecule has 2 rings (SSSR count). The van der Waals surface area contributed by atoms with E-state index in [1.165, 1.54) is 0 Å². The minimum Gasteiger partial charge on any atom is -0.364 e. The number of hydrogen-bond donors (Lipinski definition) is 2. The van der Waals surface area contributed by atoms with Crippen LogP contribution in [0.3, 0.4) is 0 Å². The molecule has 6 heteroatoms. The summed E-state index contributed by atoms with van der Waals surface area (Å²) in [5, 5.41) is 7.37. The summed E-state index contributed by atoms with van der Waals surface area (Å²) in [5.41, 5.74) is 5.89. The van der Waals surface area contributed by atoms with E-state index in [1.54, 1.807) is 13.2 Å². The number of hydrogen-bond acceptors (Lipinski definition) is 4. The van der Waals surface area contributed by atoms with Crippen LogP contribution in [-0.4, -0.2) is 27.8 Å². The number of rotatable bonds is 2. The third-order valence-electron chi connectivity index (χ3n) is 2.37. The third-order valence-corrected chi connectivity index (χ3v) is 2.67. The number of hydrazone groups is 1. The minimum absolute atomic E-state index is 0.461. The van der Waals surface area contributed by atoms with Crippen LogP contribution in [0.1, 0.15) is 12.6 Å². The highest BCUT2D eigenvalue weighted by atomic mass is 32.1. The highest BCUT2D eigenvalue weighted by Gasteiger charge is 2.02. The number of benzene rings is 1. The summed E-state index contributed by atoms with van der Waals surface area (Å²) in [5.74, 6) is 0. The van der Waals surface area contributed by atoms with Gasteiger partial charge in [-0.25, -0.2) is 4.98 Å². The van der Waals surface area contributed by atoms with Crippen molar-refractivity contribution in [3.05, 3.63) is 36.2 Å². The predicted octanol–water partition coefficient (Wildman–Crippen LogP) is 1.45. The van der Waals surface area contributed by atoms with Crippen molar-refractivity contribution in [1.29, 1.82) is 0 Å². The first-order valence-corrected chi connectivity index (χ1v) is 5.85. The van der Waals surface area contributed by atoms with Crippen LogP contribution in [-0.2, 0) is 0 Å². The molecule has 0 unspecified atom stereocenters. The fourth-order valence-electron chi connectivity index (χ4n) is 1.38. The van der Waals surface area contributed by atoms with E-state index in [4.69, 9.17) is 12.2 Å². The molecule has 92 valence electrons. The zero-order valence-corrected chi connectivity index (χ0v) is 11.0. The average molecular weight is 259 g/mol. The molecular formula is C12H13N5S. The summed E-state index contributed by atoms with van der Waals surface area (Å²) in [7, 11) is 1.73. The summed E-state index contributed by atoms with van der Waals surface area (Å²) < 4.78 is 0. The Morgan fingerprint density at radius 2 is 2.00 bits per heavy atom. The molecule has 0 bridgehead atoms. The van der Waals surface area contributed by atoms with Gasteiger partial charge in [0.15, 0.2) is 5.11 Å². The van der Waals surface area contributed by atoms with Crippen molar-refractivity contribution in [2.45, 2.75) is 6.92 Å². The van der Waals surface area contributed by atoms with Gasteiger partial charge in [0, 0.05) is 7.05 Å². The summed E-state index contributed by atoms with van der Waals surface area (Å²) in [6.07, 6.45) is 1.70. The summed E-state index contributed by atoms with van der Waals surface area (Å²) >= 11 is 4.94. The summed E-state index contributed by atoms with van der Waals surface area (Å²) in [4.78, 5) is 8.81. The van der Waals surface area contributed by atoms with Gasteiger partial charge in [-0.05, 0) is 31.3 Å². The van der Waals surface area contributed by atoms with Crippen molar-refractivity contribution in [3.8, 4) is 0 Å². The third kappa shape index (κ3) is 2.78. The first-order valence-electron chi connectivity index (χ1n) is 5.45. The fraction of sp³-hybridized carbons (Fsp3) is 0.167. The fourth-order valence-corrected chi connectivity index (χ4v) is 1.42. The molecule has 0 fully saturated rings. The van der Waals surface area contributed by atoms with Crippen LogP contribution < -0.4 is 10.7 Å². The summed E-state index contributed by atoms with van der Waals surface area (Å²) in [6.45, 7) is 1.85. The van der Waals surface area contributed by atoms with Gasteiger partial charge in [0.2, 0.25) is 0 Å². The normalized spacial score (nSPS) is 11.3. The van der Waals surface area contributed by atoms with E-state index in [0.717, 1.165) is 22.4 Å². The molecule has 0 saturated heterocycles. The number of thiocarbonyl (C=S) groups is 1. The van der Waals surface area contributed by atoms with Crippen LogP contribution in [0.5, 0.6) is 0 Å². The van der Waals surface area contributed by atoms with E-state index in [2.05, 4.69) is 25.8 Å². The Labute approximate surface area is 110 Å². The molecule has 1 aromatic carbocycles. The Bertz CT molecular complexity index is 608. The van der Waals surface area contributed by atoms with Crippen LogP contribution in [0.4, 0.5) is 0 Å². The number of nitrogens with one attached hydrogen (secondary N) is 2. The molecule has 0 aliphatic carbocycles. The highest BCUT2D eigenvalue weighted by Crippen LogP contribution is 2.08. The molecule has 2 aromatic rings. The van der Waals surface area contributed by atoms with E-state index in [9.17, 15) is 0 Å². The number of fused-ring (bicyclic) bond motifs is 1. The quantitative estimate of drug-likeness (QED) is 0.485. The largest absolute Gasteiger partial charge is 0.364 e. The zero-order chi connectivity index (χ0) is 13.0. The lowest BCUT2D eigenvalue weighted by Gasteiger charge is -2.04. The van der Waals surface area contributed by atoms with Crippen LogP contribution in [0, 0.1) is 0 Å². The maximum Gasteiger partial charge on any atom is 0.186 e. The molecule has 2 N–H and O–H groups in total. The van der Waals surface area contributed by atoms with E-state index in [0.29, 0.717) is 5.11 Å². The van der Waals surface area contributed by atoms with Gasteiger partial charge in [0.1, 0.15) is 5.69 Å². The van der Waals surface area contributed by atoms with Crippen molar-refractivity contribution in [1.82, 2.24) is 20.7 Å². The van der Waals surface area contributed by atoms with Gasteiger partial charge < -0.3 is 5.32 Å². The topological polar surface area (TPSA) is 62.2 Å². The van der Waals surface area contributed by atoms with Crippen LogP contribution in [0.2, 0.25) is 0 Å². The van der Waals surface area contributed by atoms with Crippen molar-refractivity contribution >= 4 is 34.1 Å². The van der Waals surface area contributed by atoms with Gasteiger partial charge in [0.05, 0.1) is 22.9 Å². The second-order valence-corrected chi connectivity index (χ2v) is 4.04. The Kier molecular flexibility index (Phi) is 3.78. The molecule has 0 atom stereocenters. The molecule has 0 spiro atoms. The molecule has 1 heterocycles. The Balaban J connectivity index is 2.27. The van der Waals surface area contributed by atoms with Crippen molar-refractivity contribution in [2.24, 2.45) is 5.10 Å². The van der Waals surface area contributed by atoms with Gasteiger partial charge in [-0.2, -0.15) is 5.10 Å². The first kappa shape index (κ1) is 12.4. The number of aromatic nitrogens is 2. The van der Waals surface area contributed by atoms with E-state index >= 15 is 0 Å². The maximum absolute atomic E-state index is 4.94. The molecule has 0 aliphatic rings. The first-order chi connectivity index (χ1) is 8.70. The molecule has 0 amide bonds. The number of para-hydroxylation sites is 2. The Morgan fingerprint density at radius 1 is 1.28 bits per heavy atom. The molecule has 18 heavy (non-hydrogen) atoms. The van der Waals surface area contributed by atoms with Crippen molar-refractivity contribution in [3.63, 3.8) is 0 Å². The standard InChI is InChI=1S/C12H13N5S/c1-8(16-17-12(18)13-2)11-7-14-9-5-3-4-6-10(9)15-11/h3-7H,1-2H3,(H2,13,17,18). The van der Waals surface area contributed by atoms with Gasteiger partial charge >= 0.3 is 0 Å². The van der Waals surface area contributed by atoms with Crippen LogP contribution in [0.15, 0.2) is 35.6 Å². The van der Waals surface area contributed by atoms with Crippen LogP contribution >= 0.6 is 12.2 Å². The molecule has 0 saturated carbocycles. The van der Waals surface area contributed by atoms with Gasteiger partial charge in [-0.1, -0.05) is 12.1 Å². The monoisotopic (exact) mass is 259 g/mol. The molecule has 0 radical (unpaired) electrons. The predicted molar refractivity (Wildman–Crippen MR) is 76.5 cm³/mol. The van der Waals surface area contributed by atoms with E-state index < -0.39 is 0 Å². The van der Waals surface area contributed by atoms with Crippen molar-refractivity contribution in [2.75, 3.05) is 7.05 Å². The van der Waals surface area contributed by atoms with Crippen LogP contribution in [0.25, 0.3) is 11.0 Å². The molecule has 5 nitrogen and oxygen atoms in total. The smallest absolute Gasteiger partial charge is 0.186 e. The second-order valence-electron chi connectivity index (χ2n) is 3.63. The molecule has 1 aromatic heterocycles. The molecule has 0 aliphatic heterocycles. The lowest BCUT2D eigenvalue weighted by molar-refractivity contribution is 0.971.